The summed E-state index contributed by atoms with van der Waals surface area (Å²) in [5.74, 6) is 1.59. The fourth-order valence-electron chi connectivity index (χ4n) is 2.90. The molecule has 0 amide bonds. The van der Waals surface area contributed by atoms with Crippen LogP contribution in [-0.4, -0.2) is 63.8 Å². The first kappa shape index (κ1) is 16.1. The molecule has 5 nitrogen and oxygen atoms in total. The van der Waals surface area contributed by atoms with Crippen LogP contribution in [-0.2, 0) is 0 Å². The van der Waals surface area contributed by atoms with Crippen LogP contribution < -0.4 is 15.2 Å². The van der Waals surface area contributed by atoms with Crippen molar-refractivity contribution >= 4 is 0 Å². The Kier molecular flexibility index (Phi) is 5.45. The zero-order valence-corrected chi connectivity index (χ0v) is 13.5. The van der Waals surface area contributed by atoms with Crippen molar-refractivity contribution in [2.24, 2.45) is 5.73 Å². The molecule has 1 aliphatic rings. The number of ether oxygens (including phenoxy) is 2. The Balaban J connectivity index is 2.10. The lowest BCUT2D eigenvalue weighted by molar-refractivity contribution is 0.104. The molecule has 2 N–H and O–H groups in total. The zero-order chi connectivity index (χ0) is 15.4. The monoisotopic (exact) mass is 293 g/mol. The SMILES string of the molecule is COc1ccc(C(N)CC2CN(C)CCN2C)c(OC)c1. The van der Waals surface area contributed by atoms with Gasteiger partial charge in [0.2, 0.25) is 0 Å². The van der Waals surface area contributed by atoms with Gasteiger partial charge in [-0.1, -0.05) is 6.07 Å². The summed E-state index contributed by atoms with van der Waals surface area (Å²) in [4.78, 5) is 4.76. The van der Waals surface area contributed by atoms with Gasteiger partial charge in [0.05, 0.1) is 14.2 Å². The van der Waals surface area contributed by atoms with Crippen molar-refractivity contribution in [1.82, 2.24) is 9.80 Å². The minimum atomic E-state index is -0.0372. The van der Waals surface area contributed by atoms with Gasteiger partial charge in [-0.25, -0.2) is 0 Å². The lowest BCUT2D eigenvalue weighted by Crippen LogP contribution is -2.50. The average molecular weight is 293 g/mol. The maximum Gasteiger partial charge on any atom is 0.127 e. The number of rotatable bonds is 5. The Hall–Kier alpha value is -1.30. The summed E-state index contributed by atoms with van der Waals surface area (Å²) in [7, 11) is 7.67. The number of methoxy groups -OCH3 is 2. The number of hydrogen-bond donors (Lipinski definition) is 1. The van der Waals surface area contributed by atoms with Crippen molar-refractivity contribution in [1.29, 1.82) is 0 Å². The van der Waals surface area contributed by atoms with Crippen LogP contribution in [0.1, 0.15) is 18.0 Å². The van der Waals surface area contributed by atoms with Crippen LogP contribution in [0.15, 0.2) is 18.2 Å². The highest BCUT2D eigenvalue weighted by Crippen LogP contribution is 2.31. The maximum atomic E-state index is 6.44. The second-order valence-electron chi connectivity index (χ2n) is 5.85. The molecule has 2 atom stereocenters. The minimum absolute atomic E-state index is 0.0372. The van der Waals surface area contributed by atoms with Gasteiger partial charge in [-0.15, -0.1) is 0 Å². The third-order valence-electron chi connectivity index (χ3n) is 4.35. The van der Waals surface area contributed by atoms with E-state index in [0.29, 0.717) is 6.04 Å². The Labute approximate surface area is 127 Å². The van der Waals surface area contributed by atoms with Crippen molar-refractivity contribution in [2.75, 3.05) is 47.9 Å². The highest BCUT2D eigenvalue weighted by Gasteiger charge is 2.25. The summed E-state index contributed by atoms with van der Waals surface area (Å²) in [6.45, 7) is 3.27. The second-order valence-corrected chi connectivity index (χ2v) is 5.85. The smallest absolute Gasteiger partial charge is 0.127 e. The van der Waals surface area contributed by atoms with E-state index in [1.165, 1.54) is 0 Å². The van der Waals surface area contributed by atoms with Gasteiger partial charge in [-0.2, -0.15) is 0 Å². The van der Waals surface area contributed by atoms with Crippen molar-refractivity contribution in [3.8, 4) is 11.5 Å². The largest absolute Gasteiger partial charge is 0.497 e. The van der Waals surface area contributed by atoms with Crippen LogP contribution in [0.25, 0.3) is 0 Å². The Bertz CT molecular complexity index is 467. The van der Waals surface area contributed by atoms with Crippen molar-refractivity contribution in [3.63, 3.8) is 0 Å². The van der Waals surface area contributed by atoms with Gasteiger partial charge < -0.3 is 25.0 Å². The van der Waals surface area contributed by atoms with E-state index in [2.05, 4.69) is 23.9 Å². The van der Waals surface area contributed by atoms with Gasteiger partial charge in [-0.05, 0) is 26.6 Å². The molecule has 1 fully saturated rings. The van der Waals surface area contributed by atoms with Gasteiger partial charge in [0.25, 0.3) is 0 Å². The minimum Gasteiger partial charge on any atom is -0.497 e. The summed E-state index contributed by atoms with van der Waals surface area (Å²) in [6, 6.07) is 6.28. The predicted molar refractivity (Wildman–Crippen MR) is 85.0 cm³/mol. The summed E-state index contributed by atoms with van der Waals surface area (Å²) in [5, 5.41) is 0. The van der Waals surface area contributed by atoms with E-state index in [1.54, 1.807) is 14.2 Å². The molecule has 1 saturated heterocycles. The van der Waals surface area contributed by atoms with Crippen LogP contribution in [0, 0.1) is 0 Å². The molecule has 2 rings (SSSR count). The predicted octanol–water partition coefficient (Wildman–Crippen LogP) is 1.34. The molecule has 0 spiro atoms. The van der Waals surface area contributed by atoms with E-state index < -0.39 is 0 Å². The van der Waals surface area contributed by atoms with Crippen LogP contribution in [0.2, 0.25) is 0 Å². The van der Waals surface area contributed by atoms with E-state index in [4.69, 9.17) is 15.2 Å². The maximum absolute atomic E-state index is 6.44. The van der Waals surface area contributed by atoms with E-state index in [1.807, 2.05) is 18.2 Å². The molecule has 0 aromatic heterocycles. The van der Waals surface area contributed by atoms with Crippen molar-refractivity contribution in [2.45, 2.75) is 18.5 Å². The zero-order valence-electron chi connectivity index (χ0n) is 13.5. The standard InChI is InChI=1S/C16H27N3O2/c1-18-7-8-19(2)12(11-18)9-15(17)14-6-5-13(20-3)10-16(14)21-4/h5-6,10,12,15H,7-9,11,17H2,1-4H3. The fraction of sp³-hybridized carbons (Fsp3) is 0.625. The summed E-state index contributed by atoms with van der Waals surface area (Å²) >= 11 is 0. The van der Waals surface area contributed by atoms with Crippen molar-refractivity contribution in [3.05, 3.63) is 23.8 Å². The molecule has 1 aromatic rings. The molecule has 1 heterocycles. The molecule has 2 unspecified atom stereocenters. The second kappa shape index (κ2) is 7.11. The van der Waals surface area contributed by atoms with E-state index >= 15 is 0 Å². The molecular weight excluding hydrogens is 266 g/mol. The first-order chi connectivity index (χ1) is 10.0. The molecule has 1 aromatic carbocycles. The summed E-state index contributed by atoms with van der Waals surface area (Å²) < 4.78 is 10.7. The molecule has 0 aliphatic carbocycles. The lowest BCUT2D eigenvalue weighted by Gasteiger charge is -2.39. The highest BCUT2D eigenvalue weighted by atomic mass is 16.5. The number of piperazine rings is 1. The molecule has 1 aliphatic heterocycles. The van der Waals surface area contributed by atoms with Crippen LogP contribution in [0.3, 0.4) is 0 Å². The van der Waals surface area contributed by atoms with Gasteiger partial charge in [0.15, 0.2) is 0 Å². The Morgan fingerprint density at radius 2 is 2.00 bits per heavy atom. The van der Waals surface area contributed by atoms with Crippen molar-refractivity contribution < 1.29 is 9.47 Å². The average Bonchev–Trinajstić information content (AvgIpc) is 2.50. The number of hydrogen-bond acceptors (Lipinski definition) is 5. The van der Waals surface area contributed by atoms with Crippen LogP contribution in [0.4, 0.5) is 0 Å². The first-order valence-corrected chi connectivity index (χ1v) is 7.41. The third kappa shape index (κ3) is 3.87. The Morgan fingerprint density at radius 1 is 1.24 bits per heavy atom. The van der Waals surface area contributed by atoms with Crippen LogP contribution >= 0.6 is 0 Å². The third-order valence-corrected chi connectivity index (χ3v) is 4.35. The molecule has 0 saturated carbocycles. The lowest BCUT2D eigenvalue weighted by atomic mass is 9.97. The number of benzene rings is 1. The van der Waals surface area contributed by atoms with Gasteiger partial charge in [-0.3, -0.25) is 0 Å². The van der Waals surface area contributed by atoms with Gasteiger partial charge in [0, 0.05) is 43.3 Å². The van der Waals surface area contributed by atoms with E-state index in [9.17, 15) is 0 Å². The Morgan fingerprint density at radius 3 is 2.67 bits per heavy atom. The number of nitrogens with two attached hydrogens (primary N) is 1. The molecule has 0 bridgehead atoms. The fourth-order valence-corrected chi connectivity index (χ4v) is 2.90. The van der Waals surface area contributed by atoms with Gasteiger partial charge >= 0.3 is 0 Å². The van der Waals surface area contributed by atoms with Gasteiger partial charge in [0.1, 0.15) is 11.5 Å². The summed E-state index contributed by atoms with van der Waals surface area (Å²) in [5.41, 5.74) is 7.48. The van der Waals surface area contributed by atoms with E-state index in [0.717, 1.165) is 43.1 Å². The molecule has 5 heteroatoms. The molecule has 0 radical (unpaired) electrons. The quantitative estimate of drug-likeness (QED) is 0.888. The topological polar surface area (TPSA) is 51.0 Å². The summed E-state index contributed by atoms with van der Waals surface area (Å²) in [6.07, 6.45) is 0.920. The normalized spacial score (nSPS) is 22.0. The molecule has 21 heavy (non-hydrogen) atoms. The molecule has 118 valence electrons. The highest BCUT2D eigenvalue weighted by molar-refractivity contribution is 5.42. The number of nitrogens with zero attached hydrogens (tertiary/aromatic N) is 2. The first-order valence-electron chi connectivity index (χ1n) is 7.41. The van der Waals surface area contributed by atoms with E-state index in [-0.39, 0.29) is 6.04 Å². The van der Waals surface area contributed by atoms with Crippen LogP contribution in [0.5, 0.6) is 11.5 Å². The number of likely N-dealkylation sites (N-methyl/N-ethyl adjacent to an activating group) is 2. The molecular formula is C16H27N3O2.